The normalized spacial score (nSPS) is 23.9. The van der Waals surface area contributed by atoms with E-state index in [0.29, 0.717) is 18.4 Å². The van der Waals surface area contributed by atoms with Gasteiger partial charge in [0.15, 0.2) is 5.82 Å². The zero-order valence-corrected chi connectivity index (χ0v) is 11.0. The Bertz CT molecular complexity index is 395. The molecular formula is C13H20N2O3. The van der Waals surface area contributed by atoms with Gasteiger partial charge >= 0.3 is 5.97 Å². The summed E-state index contributed by atoms with van der Waals surface area (Å²) in [4.78, 5) is 16.0. The summed E-state index contributed by atoms with van der Waals surface area (Å²) in [5, 5.41) is 4.01. The smallest absolute Gasteiger partial charge is 0.308 e. The Morgan fingerprint density at radius 3 is 2.61 bits per heavy atom. The fourth-order valence-corrected chi connectivity index (χ4v) is 2.42. The number of ether oxygens (including phenoxy) is 1. The van der Waals surface area contributed by atoms with Crippen molar-refractivity contribution in [3.05, 3.63) is 11.7 Å². The van der Waals surface area contributed by atoms with Crippen molar-refractivity contribution >= 4 is 5.97 Å². The van der Waals surface area contributed by atoms with Crippen molar-refractivity contribution in [2.45, 2.75) is 51.9 Å². The molecule has 5 nitrogen and oxygen atoms in total. The minimum absolute atomic E-state index is 0.0544. The predicted octanol–water partition coefficient (Wildman–Crippen LogP) is 2.47. The maximum absolute atomic E-state index is 11.6. The summed E-state index contributed by atoms with van der Waals surface area (Å²) >= 11 is 0. The Balaban J connectivity index is 1.88. The van der Waals surface area contributed by atoms with Gasteiger partial charge in [0.05, 0.1) is 12.5 Å². The van der Waals surface area contributed by atoms with Crippen molar-refractivity contribution < 1.29 is 14.1 Å². The lowest BCUT2D eigenvalue weighted by atomic mass is 9.81. The fourth-order valence-electron chi connectivity index (χ4n) is 2.42. The van der Waals surface area contributed by atoms with E-state index in [-0.39, 0.29) is 11.9 Å². The van der Waals surface area contributed by atoms with E-state index in [2.05, 4.69) is 10.1 Å². The van der Waals surface area contributed by atoms with Crippen LogP contribution in [-0.2, 0) is 16.0 Å². The molecule has 2 rings (SSSR count). The molecule has 0 aromatic carbocycles. The Kier molecular flexibility index (Phi) is 4.33. The van der Waals surface area contributed by atoms with Crippen LogP contribution in [0.1, 0.15) is 57.2 Å². The summed E-state index contributed by atoms with van der Waals surface area (Å²) in [6.07, 6.45) is 4.36. The summed E-state index contributed by atoms with van der Waals surface area (Å²) in [5.41, 5.74) is 0. The highest BCUT2D eigenvalue weighted by Crippen LogP contribution is 2.34. The maximum Gasteiger partial charge on any atom is 0.308 e. The lowest BCUT2D eigenvalue weighted by molar-refractivity contribution is -0.149. The molecule has 18 heavy (non-hydrogen) atoms. The molecule has 0 N–H and O–H groups in total. The van der Waals surface area contributed by atoms with Crippen LogP contribution < -0.4 is 0 Å². The highest BCUT2D eigenvalue weighted by Gasteiger charge is 2.30. The minimum atomic E-state index is -0.0571. The summed E-state index contributed by atoms with van der Waals surface area (Å²) in [7, 11) is 0. The predicted molar refractivity (Wildman–Crippen MR) is 65.0 cm³/mol. The summed E-state index contributed by atoms with van der Waals surface area (Å²) in [6, 6.07) is 0. The first-order chi connectivity index (χ1) is 8.74. The third-order valence-corrected chi connectivity index (χ3v) is 3.50. The molecule has 0 spiro atoms. The molecule has 0 amide bonds. The first kappa shape index (κ1) is 13.1. The van der Waals surface area contributed by atoms with Crippen LogP contribution in [0.5, 0.6) is 0 Å². The number of aromatic nitrogens is 2. The summed E-state index contributed by atoms with van der Waals surface area (Å²) in [5.74, 6) is 1.82. The van der Waals surface area contributed by atoms with Gasteiger partial charge in [-0.1, -0.05) is 12.1 Å². The van der Waals surface area contributed by atoms with Crippen molar-refractivity contribution in [1.29, 1.82) is 0 Å². The largest absolute Gasteiger partial charge is 0.466 e. The number of hydrogen-bond donors (Lipinski definition) is 0. The number of nitrogens with zero attached hydrogens (tertiary/aromatic N) is 2. The van der Waals surface area contributed by atoms with E-state index in [1.807, 2.05) is 13.8 Å². The lowest BCUT2D eigenvalue weighted by Crippen LogP contribution is -2.23. The topological polar surface area (TPSA) is 65.2 Å². The molecule has 1 aliphatic carbocycles. The average molecular weight is 252 g/mol. The van der Waals surface area contributed by atoms with Gasteiger partial charge in [-0.25, -0.2) is 0 Å². The molecule has 1 heterocycles. The monoisotopic (exact) mass is 252 g/mol. The maximum atomic E-state index is 11.6. The minimum Gasteiger partial charge on any atom is -0.466 e. The van der Waals surface area contributed by atoms with E-state index in [4.69, 9.17) is 9.26 Å². The van der Waals surface area contributed by atoms with E-state index < -0.39 is 0 Å². The van der Waals surface area contributed by atoms with Crippen LogP contribution in [0.3, 0.4) is 0 Å². The van der Waals surface area contributed by atoms with Gasteiger partial charge in [0.2, 0.25) is 5.89 Å². The summed E-state index contributed by atoms with van der Waals surface area (Å²) < 4.78 is 10.2. The molecule has 5 heteroatoms. The SMILES string of the molecule is CCOC(=O)C1CCC(c2noc(CC)n2)CC1. The van der Waals surface area contributed by atoms with E-state index in [1.165, 1.54) is 0 Å². The molecule has 1 aromatic rings. The lowest BCUT2D eigenvalue weighted by Gasteiger charge is -2.24. The molecule has 0 aliphatic heterocycles. The van der Waals surface area contributed by atoms with Gasteiger partial charge in [0, 0.05) is 12.3 Å². The van der Waals surface area contributed by atoms with Gasteiger partial charge in [-0.15, -0.1) is 0 Å². The third kappa shape index (κ3) is 2.89. The fraction of sp³-hybridized carbons (Fsp3) is 0.769. The standard InChI is InChI=1S/C13H20N2O3/c1-3-11-14-12(15-18-11)9-5-7-10(8-6-9)13(16)17-4-2/h9-10H,3-8H2,1-2H3. The first-order valence-electron chi connectivity index (χ1n) is 6.73. The third-order valence-electron chi connectivity index (χ3n) is 3.50. The van der Waals surface area contributed by atoms with Crippen LogP contribution in [0.25, 0.3) is 0 Å². The van der Waals surface area contributed by atoms with Crippen molar-refractivity contribution in [3.63, 3.8) is 0 Å². The molecule has 0 unspecified atom stereocenters. The zero-order valence-electron chi connectivity index (χ0n) is 11.0. The quantitative estimate of drug-likeness (QED) is 0.770. The van der Waals surface area contributed by atoms with Crippen LogP contribution in [0.4, 0.5) is 0 Å². The molecule has 1 aromatic heterocycles. The molecule has 0 radical (unpaired) electrons. The zero-order chi connectivity index (χ0) is 13.0. The number of aryl methyl sites for hydroxylation is 1. The molecule has 0 saturated heterocycles. The molecular weight excluding hydrogens is 232 g/mol. The molecule has 1 saturated carbocycles. The van der Waals surface area contributed by atoms with Crippen LogP contribution in [0.15, 0.2) is 4.52 Å². The van der Waals surface area contributed by atoms with Gasteiger partial charge in [0.1, 0.15) is 0 Å². The first-order valence-corrected chi connectivity index (χ1v) is 6.73. The van der Waals surface area contributed by atoms with Gasteiger partial charge in [-0.05, 0) is 32.6 Å². The second-order valence-corrected chi connectivity index (χ2v) is 4.70. The molecule has 1 aliphatic rings. The number of carbonyl (C=O) groups excluding carboxylic acids is 1. The van der Waals surface area contributed by atoms with Gasteiger partial charge in [0.25, 0.3) is 0 Å². The second kappa shape index (κ2) is 5.98. The Labute approximate surface area is 107 Å². The number of carbonyl (C=O) groups is 1. The van der Waals surface area contributed by atoms with Crippen LogP contribution >= 0.6 is 0 Å². The highest BCUT2D eigenvalue weighted by molar-refractivity contribution is 5.72. The van der Waals surface area contributed by atoms with Crippen molar-refractivity contribution in [2.75, 3.05) is 6.61 Å². The van der Waals surface area contributed by atoms with Gasteiger partial charge in [-0.3, -0.25) is 4.79 Å². The van der Waals surface area contributed by atoms with E-state index in [0.717, 1.165) is 37.9 Å². The average Bonchev–Trinajstić information content (AvgIpc) is 2.88. The number of hydrogen-bond acceptors (Lipinski definition) is 5. The van der Waals surface area contributed by atoms with E-state index >= 15 is 0 Å². The van der Waals surface area contributed by atoms with E-state index in [9.17, 15) is 4.79 Å². The van der Waals surface area contributed by atoms with Gasteiger partial charge in [-0.2, -0.15) is 4.98 Å². The number of rotatable bonds is 4. The van der Waals surface area contributed by atoms with Crippen LogP contribution in [-0.4, -0.2) is 22.7 Å². The molecule has 100 valence electrons. The number of esters is 1. The van der Waals surface area contributed by atoms with Crippen molar-refractivity contribution in [3.8, 4) is 0 Å². The van der Waals surface area contributed by atoms with Crippen molar-refractivity contribution in [2.24, 2.45) is 5.92 Å². The van der Waals surface area contributed by atoms with E-state index in [1.54, 1.807) is 0 Å². The Hall–Kier alpha value is -1.39. The van der Waals surface area contributed by atoms with Crippen LogP contribution in [0.2, 0.25) is 0 Å². The van der Waals surface area contributed by atoms with Crippen molar-refractivity contribution in [1.82, 2.24) is 10.1 Å². The Morgan fingerprint density at radius 2 is 2.06 bits per heavy atom. The molecule has 0 atom stereocenters. The molecule has 0 bridgehead atoms. The second-order valence-electron chi connectivity index (χ2n) is 4.70. The molecule has 1 fully saturated rings. The van der Waals surface area contributed by atoms with Gasteiger partial charge < -0.3 is 9.26 Å². The highest BCUT2D eigenvalue weighted by atomic mass is 16.5. The Morgan fingerprint density at radius 1 is 1.33 bits per heavy atom. The van der Waals surface area contributed by atoms with Crippen LogP contribution in [0, 0.1) is 5.92 Å². The summed E-state index contributed by atoms with van der Waals surface area (Å²) in [6.45, 7) is 4.30.